The van der Waals surface area contributed by atoms with Gasteiger partial charge < -0.3 is 16.2 Å². The van der Waals surface area contributed by atoms with E-state index in [1.807, 2.05) is 6.92 Å². The first kappa shape index (κ1) is 19.7. The third-order valence-electron chi connectivity index (χ3n) is 3.43. The van der Waals surface area contributed by atoms with Gasteiger partial charge in [0.05, 0.1) is 0 Å². The molecule has 0 atom stereocenters. The Balaban J connectivity index is 2.64. The van der Waals surface area contributed by atoms with E-state index in [2.05, 4.69) is 4.99 Å². The standard InChI is InChI=1S/C17H18ClN3O4S/c1-3-10-7-14(25-12-6-4-5-11(18)8-12)15(26(2,23)24)9-13(10)16(22)21-17(19)20/h4-9H,3H2,1-2H3,(H4,19,20,21,22). The summed E-state index contributed by atoms with van der Waals surface area (Å²) in [5.74, 6) is -0.668. The van der Waals surface area contributed by atoms with Crippen molar-refractivity contribution in [3.05, 3.63) is 52.5 Å². The van der Waals surface area contributed by atoms with Crippen LogP contribution in [0.3, 0.4) is 0 Å². The molecule has 2 rings (SSSR count). The Morgan fingerprint density at radius 2 is 1.92 bits per heavy atom. The van der Waals surface area contributed by atoms with Crippen LogP contribution in [0.25, 0.3) is 0 Å². The zero-order valence-corrected chi connectivity index (χ0v) is 15.8. The molecule has 138 valence electrons. The lowest BCUT2D eigenvalue weighted by molar-refractivity contribution is 0.100. The first-order valence-electron chi connectivity index (χ1n) is 7.56. The Morgan fingerprint density at radius 3 is 2.46 bits per heavy atom. The maximum atomic E-state index is 12.2. The number of amides is 1. The van der Waals surface area contributed by atoms with Gasteiger partial charge in [-0.05, 0) is 42.3 Å². The molecule has 7 nitrogen and oxygen atoms in total. The van der Waals surface area contributed by atoms with Crippen LogP contribution in [0.1, 0.15) is 22.8 Å². The first-order valence-corrected chi connectivity index (χ1v) is 9.83. The molecule has 2 aromatic carbocycles. The first-order chi connectivity index (χ1) is 12.1. The normalized spacial score (nSPS) is 11.0. The third kappa shape index (κ3) is 4.74. The molecule has 0 spiro atoms. The van der Waals surface area contributed by atoms with Crippen LogP contribution in [0.15, 0.2) is 46.3 Å². The predicted molar refractivity (Wildman–Crippen MR) is 101 cm³/mol. The van der Waals surface area contributed by atoms with Crippen molar-refractivity contribution in [3.8, 4) is 11.5 Å². The van der Waals surface area contributed by atoms with Gasteiger partial charge in [-0.25, -0.2) is 8.42 Å². The second-order valence-electron chi connectivity index (χ2n) is 5.48. The lowest BCUT2D eigenvalue weighted by atomic mass is 10.0. The van der Waals surface area contributed by atoms with Crippen molar-refractivity contribution in [2.24, 2.45) is 16.5 Å². The summed E-state index contributed by atoms with van der Waals surface area (Å²) in [6, 6.07) is 9.25. The average molecular weight is 396 g/mol. The van der Waals surface area contributed by atoms with E-state index < -0.39 is 21.7 Å². The minimum Gasteiger partial charge on any atom is -0.456 e. The zero-order valence-electron chi connectivity index (χ0n) is 14.2. The molecule has 0 fully saturated rings. The van der Waals surface area contributed by atoms with Crippen LogP contribution >= 0.6 is 11.6 Å². The Labute approximate surface area is 156 Å². The minimum absolute atomic E-state index is 0.0906. The summed E-state index contributed by atoms with van der Waals surface area (Å²) >= 11 is 5.93. The van der Waals surface area contributed by atoms with Crippen LogP contribution in [-0.4, -0.2) is 26.5 Å². The number of aliphatic imine (C=N–C) groups is 1. The molecule has 0 heterocycles. The maximum Gasteiger partial charge on any atom is 0.280 e. The van der Waals surface area contributed by atoms with Gasteiger partial charge in [-0.15, -0.1) is 0 Å². The van der Waals surface area contributed by atoms with Crippen molar-refractivity contribution < 1.29 is 17.9 Å². The van der Waals surface area contributed by atoms with Crippen molar-refractivity contribution in [1.82, 2.24) is 0 Å². The zero-order chi connectivity index (χ0) is 19.5. The van der Waals surface area contributed by atoms with Gasteiger partial charge in [0, 0.05) is 16.8 Å². The van der Waals surface area contributed by atoms with Crippen molar-refractivity contribution >= 4 is 33.3 Å². The second kappa shape index (κ2) is 7.76. The Morgan fingerprint density at radius 1 is 1.23 bits per heavy atom. The fraction of sp³-hybridized carbons (Fsp3) is 0.176. The Hall–Kier alpha value is -2.58. The number of guanidine groups is 1. The van der Waals surface area contributed by atoms with E-state index in [4.69, 9.17) is 27.8 Å². The number of rotatable bonds is 5. The largest absolute Gasteiger partial charge is 0.456 e. The lowest BCUT2D eigenvalue weighted by Crippen LogP contribution is -2.24. The van der Waals surface area contributed by atoms with Gasteiger partial charge in [0.2, 0.25) is 0 Å². The molecule has 0 saturated heterocycles. The summed E-state index contributed by atoms with van der Waals surface area (Å²) in [6.07, 6.45) is 1.46. The highest BCUT2D eigenvalue weighted by Gasteiger charge is 2.22. The van der Waals surface area contributed by atoms with Crippen molar-refractivity contribution in [3.63, 3.8) is 0 Å². The van der Waals surface area contributed by atoms with E-state index in [0.717, 1.165) is 6.26 Å². The summed E-state index contributed by atoms with van der Waals surface area (Å²) in [5, 5.41) is 0.443. The number of halogens is 1. The van der Waals surface area contributed by atoms with Crippen LogP contribution in [0.4, 0.5) is 0 Å². The Kier molecular flexibility index (Phi) is 5.89. The summed E-state index contributed by atoms with van der Waals surface area (Å²) in [7, 11) is -3.69. The number of nitrogens with zero attached hydrogens (tertiary/aromatic N) is 1. The van der Waals surface area contributed by atoms with Crippen molar-refractivity contribution in [1.29, 1.82) is 0 Å². The van der Waals surface area contributed by atoms with Crippen LogP contribution in [0.5, 0.6) is 11.5 Å². The second-order valence-corrected chi connectivity index (χ2v) is 7.90. The van der Waals surface area contributed by atoms with E-state index in [9.17, 15) is 13.2 Å². The molecule has 0 aliphatic rings. The quantitative estimate of drug-likeness (QED) is 0.591. The van der Waals surface area contributed by atoms with E-state index in [0.29, 0.717) is 22.8 Å². The molecular weight excluding hydrogens is 378 g/mol. The molecule has 0 aromatic heterocycles. The summed E-state index contributed by atoms with van der Waals surface area (Å²) in [5.41, 5.74) is 11.1. The molecular formula is C17H18ClN3O4S. The number of hydrogen-bond donors (Lipinski definition) is 2. The SMILES string of the molecule is CCc1cc(Oc2cccc(Cl)c2)c(S(C)(=O)=O)cc1C(=O)N=C(N)N. The van der Waals surface area contributed by atoms with Crippen molar-refractivity contribution in [2.75, 3.05) is 6.26 Å². The van der Waals surface area contributed by atoms with Gasteiger partial charge in [0.25, 0.3) is 5.91 Å². The van der Waals surface area contributed by atoms with Gasteiger partial charge in [-0.2, -0.15) is 4.99 Å². The van der Waals surface area contributed by atoms with Crippen LogP contribution in [0, 0.1) is 0 Å². The van der Waals surface area contributed by atoms with E-state index >= 15 is 0 Å². The average Bonchev–Trinajstić information content (AvgIpc) is 2.52. The van der Waals surface area contributed by atoms with E-state index in [-0.39, 0.29) is 16.2 Å². The molecule has 0 unspecified atom stereocenters. The van der Waals surface area contributed by atoms with Gasteiger partial charge in [0.15, 0.2) is 15.8 Å². The summed E-state index contributed by atoms with van der Waals surface area (Å²) in [4.78, 5) is 15.6. The van der Waals surface area contributed by atoms with Gasteiger partial charge >= 0.3 is 0 Å². The summed E-state index contributed by atoms with van der Waals surface area (Å²) < 4.78 is 30.1. The minimum atomic E-state index is -3.69. The highest BCUT2D eigenvalue weighted by Crippen LogP contribution is 2.33. The topological polar surface area (TPSA) is 125 Å². The number of nitrogens with two attached hydrogens (primary N) is 2. The number of hydrogen-bond acceptors (Lipinski definition) is 4. The Bertz CT molecular complexity index is 983. The van der Waals surface area contributed by atoms with Gasteiger partial charge in [-0.3, -0.25) is 4.79 Å². The number of sulfone groups is 1. The molecule has 0 aliphatic carbocycles. The van der Waals surface area contributed by atoms with Crippen LogP contribution in [-0.2, 0) is 16.3 Å². The lowest BCUT2D eigenvalue weighted by Gasteiger charge is -2.14. The number of ether oxygens (including phenoxy) is 1. The number of benzene rings is 2. The number of carbonyl (C=O) groups excluding carboxylic acids is 1. The molecule has 1 amide bonds. The molecule has 4 N–H and O–H groups in total. The predicted octanol–water partition coefficient (Wildman–Crippen LogP) is 2.51. The molecule has 0 aliphatic heterocycles. The number of carbonyl (C=O) groups is 1. The third-order valence-corrected chi connectivity index (χ3v) is 4.79. The molecule has 0 radical (unpaired) electrons. The monoisotopic (exact) mass is 395 g/mol. The highest BCUT2D eigenvalue weighted by atomic mass is 35.5. The molecule has 26 heavy (non-hydrogen) atoms. The fourth-order valence-electron chi connectivity index (χ4n) is 2.30. The van der Waals surface area contributed by atoms with E-state index in [1.165, 1.54) is 12.1 Å². The fourth-order valence-corrected chi connectivity index (χ4v) is 3.28. The van der Waals surface area contributed by atoms with Crippen LogP contribution in [0.2, 0.25) is 5.02 Å². The van der Waals surface area contributed by atoms with Gasteiger partial charge in [-0.1, -0.05) is 24.6 Å². The van der Waals surface area contributed by atoms with E-state index in [1.54, 1.807) is 24.3 Å². The van der Waals surface area contributed by atoms with Gasteiger partial charge in [0.1, 0.15) is 16.4 Å². The molecule has 0 saturated carbocycles. The smallest absolute Gasteiger partial charge is 0.280 e. The van der Waals surface area contributed by atoms with Crippen molar-refractivity contribution in [2.45, 2.75) is 18.2 Å². The molecule has 2 aromatic rings. The number of aryl methyl sites for hydroxylation is 1. The van der Waals surface area contributed by atoms with Crippen LogP contribution < -0.4 is 16.2 Å². The maximum absolute atomic E-state index is 12.2. The highest BCUT2D eigenvalue weighted by molar-refractivity contribution is 7.90. The molecule has 9 heteroatoms. The summed E-state index contributed by atoms with van der Waals surface area (Å²) in [6.45, 7) is 1.81. The molecule has 0 bridgehead atoms.